The Balaban J connectivity index is 1.76. The Morgan fingerprint density at radius 2 is 1.92 bits per heavy atom. The number of nitrogens with two attached hydrogens (primary N) is 1. The van der Waals surface area contributed by atoms with Gasteiger partial charge < -0.3 is 10.6 Å². The van der Waals surface area contributed by atoms with Crippen LogP contribution >= 0.6 is 0 Å². The Kier molecular flexibility index (Phi) is 5.03. The van der Waals surface area contributed by atoms with E-state index in [9.17, 15) is 9.59 Å². The number of carbonyl (C=O) groups excluding carboxylic acids is 2. The zero-order chi connectivity index (χ0) is 17.6. The predicted octanol–water partition coefficient (Wildman–Crippen LogP) is 1.29. The fourth-order valence-electron chi connectivity index (χ4n) is 2.57. The molecule has 0 radical (unpaired) electrons. The van der Waals surface area contributed by atoms with Gasteiger partial charge in [-0.3, -0.25) is 9.59 Å². The number of primary amides is 1. The second-order valence-electron chi connectivity index (χ2n) is 5.70. The summed E-state index contributed by atoms with van der Waals surface area (Å²) in [5, 5.41) is 4.26. The van der Waals surface area contributed by atoms with Crippen LogP contribution in [-0.2, 0) is 11.2 Å². The standard InChI is InChI=1S/C18H19N5O2/c19-16(24)8-12-22(11-7-14-5-2-1-3-6-14)18(25)15-13-17-20-9-4-10-23(17)21-15/h1-6,9-10,13H,7-8,11-12H2,(H2,19,24). The summed E-state index contributed by atoms with van der Waals surface area (Å²) in [5.41, 5.74) is 7.27. The van der Waals surface area contributed by atoms with Crippen molar-refractivity contribution in [3.63, 3.8) is 0 Å². The number of hydrogen-bond donors (Lipinski definition) is 1. The van der Waals surface area contributed by atoms with Crippen LogP contribution in [0.3, 0.4) is 0 Å². The Morgan fingerprint density at radius 1 is 1.12 bits per heavy atom. The van der Waals surface area contributed by atoms with Gasteiger partial charge in [0, 0.05) is 38.0 Å². The molecule has 3 aromatic rings. The lowest BCUT2D eigenvalue weighted by Crippen LogP contribution is -2.36. The van der Waals surface area contributed by atoms with E-state index in [-0.39, 0.29) is 18.9 Å². The largest absolute Gasteiger partial charge is 0.370 e. The molecule has 128 valence electrons. The monoisotopic (exact) mass is 337 g/mol. The number of carbonyl (C=O) groups is 2. The lowest BCUT2D eigenvalue weighted by molar-refractivity contribution is -0.118. The van der Waals surface area contributed by atoms with Crippen molar-refractivity contribution in [2.45, 2.75) is 12.8 Å². The van der Waals surface area contributed by atoms with Gasteiger partial charge in [0.05, 0.1) is 0 Å². The molecule has 0 atom stereocenters. The molecule has 1 aromatic carbocycles. The van der Waals surface area contributed by atoms with Crippen LogP contribution in [0.4, 0.5) is 0 Å². The summed E-state index contributed by atoms with van der Waals surface area (Å²) >= 11 is 0. The van der Waals surface area contributed by atoms with E-state index < -0.39 is 5.91 Å². The number of nitrogens with zero attached hydrogens (tertiary/aromatic N) is 4. The highest BCUT2D eigenvalue weighted by atomic mass is 16.2. The predicted molar refractivity (Wildman–Crippen MR) is 92.8 cm³/mol. The molecular formula is C18H19N5O2. The molecule has 3 rings (SSSR count). The van der Waals surface area contributed by atoms with E-state index in [0.717, 1.165) is 5.56 Å². The molecule has 2 heterocycles. The first-order chi connectivity index (χ1) is 12.1. The molecule has 25 heavy (non-hydrogen) atoms. The van der Waals surface area contributed by atoms with Gasteiger partial charge in [-0.05, 0) is 18.1 Å². The van der Waals surface area contributed by atoms with Crippen LogP contribution in [0.5, 0.6) is 0 Å². The van der Waals surface area contributed by atoms with Crippen molar-refractivity contribution in [1.82, 2.24) is 19.5 Å². The molecule has 0 saturated carbocycles. The fraction of sp³-hybridized carbons (Fsp3) is 0.222. The van der Waals surface area contributed by atoms with E-state index in [0.29, 0.717) is 24.3 Å². The van der Waals surface area contributed by atoms with Crippen LogP contribution in [0.15, 0.2) is 54.9 Å². The normalized spacial score (nSPS) is 10.7. The average Bonchev–Trinajstić information content (AvgIpc) is 3.06. The van der Waals surface area contributed by atoms with Crippen LogP contribution in [0.1, 0.15) is 22.5 Å². The number of aromatic nitrogens is 3. The molecule has 0 aliphatic rings. The first-order valence-electron chi connectivity index (χ1n) is 8.05. The molecule has 2 N–H and O–H groups in total. The van der Waals surface area contributed by atoms with Crippen molar-refractivity contribution in [2.24, 2.45) is 5.73 Å². The van der Waals surface area contributed by atoms with Gasteiger partial charge in [-0.25, -0.2) is 9.50 Å². The first kappa shape index (κ1) is 16.6. The molecule has 7 nitrogen and oxygen atoms in total. The highest BCUT2D eigenvalue weighted by molar-refractivity contribution is 5.93. The van der Waals surface area contributed by atoms with Gasteiger partial charge in [-0.15, -0.1) is 0 Å². The van der Waals surface area contributed by atoms with E-state index in [2.05, 4.69) is 10.1 Å². The smallest absolute Gasteiger partial charge is 0.274 e. The zero-order valence-corrected chi connectivity index (χ0v) is 13.7. The minimum Gasteiger partial charge on any atom is -0.370 e. The van der Waals surface area contributed by atoms with Crippen LogP contribution in [0, 0.1) is 0 Å². The van der Waals surface area contributed by atoms with E-state index in [4.69, 9.17) is 5.73 Å². The lowest BCUT2D eigenvalue weighted by atomic mass is 10.1. The van der Waals surface area contributed by atoms with Crippen molar-refractivity contribution >= 4 is 17.5 Å². The highest BCUT2D eigenvalue weighted by Crippen LogP contribution is 2.09. The summed E-state index contributed by atoms with van der Waals surface area (Å²) in [4.78, 5) is 29.7. The zero-order valence-electron chi connectivity index (χ0n) is 13.7. The molecule has 0 unspecified atom stereocenters. The number of fused-ring (bicyclic) bond motifs is 1. The van der Waals surface area contributed by atoms with E-state index in [1.54, 1.807) is 33.9 Å². The van der Waals surface area contributed by atoms with Gasteiger partial charge >= 0.3 is 0 Å². The van der Waals surface area contributed by atoms with Gasteiger partial charge in [-0.1, -0.05) is 30.3 Å². The number of hydrogen-bond acceptors (Lipinski definition) is 4. The quantitative estimate of drug-likeness (QED) is 0.703. The summed E-state index contributed by atoms with van der Waals surface area (Å²) in [6.07, 6.45) is 4.19. The van der Waals surface area contributed by atoms with Crippen molar-refractivity contribution in [2.75, 3.05) is 13.1 Å². The molecular weight excluding hydrogens is 318 g/mol. The lowest BCUT2D eigenvalue weighted by Gasteiger charge is -2.21. The first-order valence-corrected chi connectivity index (χ1v) is 8.05. The van der Waals surface area contributed by atoms with Crippen LogP contribution in [0.25, 0.3) is 5.65 Å². The maximum absolute atomic E-state index is 12.8. The number of amides is 2. The Morgan fingerprint density at radius 3 is 2.64 bits per heavy atom. The maximum atomic E-state index is 12.8. The third-order valence-electron chi connectivity index (χ3n) is 3.88. The minimum atomic E-state index is -0.436. The second-order valence-corrected chi connectivity index (χ2v) is 5.70. The van der Waals surface area contributed by atoms with E-state index in [1.807, 2.05) is 30.3 Å². The molecule has 0 fully saturated rings. The van der Waals surface area contributed by atoms with E-state index in [1.165, 1.54) is 0 Å². The van der Waals surface area contributed by atoms with Crippen molar-refractivity contribution < 1.29 is 9.59 Å². The molecule has 0 spiro atoms. The van der Waals surface area contributed by atoms with Crippen molar-refractivity contribution in [3.8, 4) is 0 Å². The van der Waals surface area contributed by atoms with E-state index >= 15 is 0 Å². The summed E-state index contributed by atoms with van der Waals surface area (Å²) < 4.78 is 1.55. The average molecular weight is 337 g/mol. The molecule has 0 bridgehead atoms. The van der Waals surface area contributed by atoms with Gasteiger partial charge in [0.15, 0.2) is 11.3 Å². The molecule has 7 heteroatoms. The SMILES string of the molecule is NC(=O)CCN(CCc1ccccc1)C(=O)c1cc2ncccn2n1. The molecule has 0 saturated heterocycles. The molecule has 0 aliphatic heterocycles. The summed E-state index contributed by atoms with van der Waals surface area (Å²) in [7, 11) is 0. The number of rotatable bonds is 7. The molecule has 2 aromatic heterocycles. The molecule has 0 aliphatic carbocycles. The third-order valence-corrected chi connectivity index (χ3v) is 3.88. The van der Waals surface area contributed by atoms with Gasteiger partial charge in [-0.2, -0.15) is 5.10 Å². The third kappa shape index (κ3) is 4.20. The van der Waals surface area contributed by atoms with Crippen molar-refractivity contribution in [1.29, 1.82) is 0 Å². The van der Waals surface area contributed by atoms with Gasteiger partial charge in [0.2, 0.25) is 5.91 Å². The Labute approximate surface area is 145 Å². The van der Waals surface area contributed by atoms with Crippen molar-refractivity contribution in [3.05, 3.63) is 66.1 Å². The van der Waals surface area contributed by atoms with Crippen LogP contribution in [0.2, 0.25) is 0 Å². The Bertz CT molecular complexity index is 842. The van der Waals surface area contributed by atoms with Crippen LogP contribution < -0.4 is 5.73 Å². The minimum absolute atomic E-state index is 0.117. The number of benzene rings is 1. The summed E-state index contributed by atoms with van der Waals surface area (Å²) in [6, 6.07) is 13.3. The Hall–Kier alpha value is -3.22. The maximum Gasteiger partial charge on any atom is 0.274 e. The second kappa shape index (κ2) is 7.57. The topological polar surface area (TPSA) is 93.6 Å². The fourth-order valence-corrected chi connectivity index (χ4v) is 2.57. The summed E-state index contributed by atoms with van der Waals surface area (Å²) in [6.45, 7) is 0.750. The van der Waals surface area contributed by atoms with Crippen LogP contribution in [-0.4, -0.2) is 44.4 Å². The molecule has 2 amide bonds. The van der Waals surface area contributed by atoms with Gasteiger partial charge in [0.25, 0.3) is 5.91 Å². The summed E-state index contributed by atoms with van der Waals surface area (Å²) in [5.74, 6) is -0.670. The highest BCUT2D eigenvalue weighted by Gasteiger charge is 2.19. The van der Waals surface area contributed by atoms with Gasteiger partial charge in [0.1, 0.15) is 0 Å².